The average Bonchev–Trinajstić information content (AvgIpc) is 3.49. The summed E-state index contributed by atoms with van der Waals surface area (Å²) in [5, 5.41) is 4.63. The van der Waals surface area contributed by atoms with Crippen molar-refractivity contribution in [3.05, 3.63) is 65.1 Å². The van der Waals surface area contributed by atoms with Gasteiger partial charge in [-0.25, -0.2) is 9.80 Å². The number of thioether (sulfide) groups is 1. The Morgan fingerprint density at radius 2 is 2.00 bits per heavy atom. The van der Waals surface area contributed by atoms with E-state index in [1.807, 2.05) is 24.5 Å². The number of hydrogen-bond acceptors (Lipinski definition) is 6. The Kier molecular flexibility index (Phi) is 6.24. The molecule has 2 atom stereocenters. The highest BCUT2D eigenvalue weighted by Gasteiger charge is 2.41. The van der Waals surface area contributed by atoms with Crippen molar-refractivity contribution in [3.8, 4) is 0 Å². The first-order valence-corrected chi connectivity index (χ1v) is 11.5. The van der Waals surface area contributed by atoms with Gasteiger partial charge in [0.25, 0.3) is 11.8 Å². The number of carbonyl (C=O) groups excluding carboxylic acids is 3. The molecule has 2 aliphatic heterocycles. The van der Waals surface area contributed by atoms with Crippen LogP contribution < -0.4 is 10.7 Å². The molecular formula is C21H21ClN4O4S. The molecule has 2 aliphatic rings. The van der Waals surface area contributed by atoms with Gasteiger partial charge in [-0.1, -0.05) is 23.7 Å². The zero-order valence-corrected chi connectivity index (χ0v) is 18.3. The molecule has 4 rings (SSSR count). The number of nitrogens with one attached hydrogen (secondary N) is 2. The van der Waals surface area contributed by atoms with E-state index in [4.69, 9.17) is 16.0 Å². The van der Waals surface area contributed by atoms with Gasteiger partial charge in [0, 0.05) is 5.02 Å². The van der Waals surface area contributed by atoms with Gasteiger partial charge in [-0.05, 0) is 54.3 Å². The van der Waals surface area contributed by atoms with Crippen LogP contribution in [0.15, 0.2) is 53.2 Å². The van der Waals surface area contributed by atoms with E-state index >= 15 is 0 Å². The van der Waals surface area contributed by atoms with Gasteiger partial charge < -0.3 is 9.73 Å². The molecule has 1 saturated heterocycles. The third-order valence-electron chi connectivity index (χ3n) is 5.11. The summed E-state index contributed by atoms with van der Waals surface area (Å²) in [6.45, 7) is -0.369. The maximum Gasteiger partial charge on any atom is 0.325 e. The molecule has 0 bridgehead atoms. The van der Waals surface area contributed by atoms with E-state index in [0.29, 0.717) is 22.9 Å². The van der Waals surface area contributed by atoms with Crippen molar-refractivity contribution in [2.24, 2.45) is 0 Å². The Balaban J connectivity index is 1.52. The second kappa shape index (κ2) is 9.07. The van der Waals surface area contributed by atoms with Crippen LogP contribution in [0.4, 0.5) is 4.79 Å². The van der Waals surface area contributed by atoms with Crippen molar-refractivity contribution in [1.29, 1.82) is 0 Å². The normalized spacial score (nSPS) is 20.6. The number of hydrogen-bond donors (Lipinski definition) is 2. The zero-order valence-electron chi connectivity index (χ0n) is 16.7. The molecule has 0 unspecified atom stereocenters. The fourth-order valence-electron chi connectivity index (χ4n) is 3.52. The minimum atomic E-state index is -0.595. The third kappa shape index (κ3) is 4.42. The highest BCUT2D eigenvalue weighted by molar-refractivity contribution is 7.98. The number of hydrazine groups is 1. The molecule has 31 heavy (non-hydrogen) atoms. The molecule has 1 aromatic carbocycles. The van der Waals surface area contributed by atoms with Crippen molar-refractivity contribution in [3.63, 3.8) is 0 Å². The topological polar surface area (TPSA) is 94.9 Å². The number of urea groups is 1. The van der Waals surface area contributed by atoms with Gasteiger partial charge in [0.2, 0.25) is 0 Å². The minimum absolute atomic E-state index is 0.369. The Morgan fingerprint density at radius 1 is 1.23 bits per heavy atom. The van der Waals surface area contributed by atoms with E-state index in [0.717, 1.165) is 16.2 Å². The van der Waals surface area contributed by atoms with Gasteiger partial charge in [-0.15, -0.1) is 0 Å². The van der Waals surface area contributed by atoms with Gasteiger partial charge in [0.15, 0.2) is 0 Å². The lowest BCUT2D eigenvalue weighted by Crippen LogP contribution is -2.47. The average molecular weight is 461 g/mol. The van der Waals surface area contributed by atoms with E-state index in [1.165, 1.54) is 11.3 Å². The zero-order chi connectivity index (χ0) is 22.0. The number of carbonyl (C=O) groups is 3. The summed E-state index contributed by atoms with van der Waals surface area (Å²) < 4.78 is 5.51. The molecule has 2 aromatic rings. The summed E-state index contributed by atoms with van der Waals surface area (Å²) in [6, 6.07) is 9.01. The van der Waals surface area contributed by atoms with E-state index in [1.54, 1.807) is 36.0 Å². The quantitative estimate of drug-likeness (QED) is 0.617. The predicted octanol–water partition coefficient (Wildman–Crippen LogP) is 3.04. The number of imide groups is 1. The van der Waals surface area contributed by atoms with Crippen molar-refractivity contribution in [1.82, 2.24) is 20.7 Å². The number of nitrogens with zero attached hydrogens (tertiary/aromatic N) is 2. The van der Waals surface area contributed by atoms with Crippen LogP contribution >= 0.6 is 23.4 Å². The Bertz CT molecular complexity index is 1010. The summed E-state index contributed by atoms with van der Waals surface area (Å²) in [7, 11) is 0. The molecule has 3 heterocycles. The van der Waals surface area contributed by atoms with E-state index < -0.39 is 24.0 Å². The van der Waals surface area contributed by atoms with Gasteiger partial charge in [0.05, 0.1) is 12.0 Å². The van der Waals surface area contributed by atoms with E-state index in [2.05, 4.69) is 10.7 Å². The fraction of sp³-hybridized carbons (Fsp3) is 0.286. The SMILES string of the molecule is CSCC[C@H]1NC(=O)N(CC(=O)N2NC(c3ccc(Cl)cc3)=C[C@H]2c2ccco2)C1=O. The predicted molar refractivity (Wildman–Crippen MR) is 118 cm³/mol. The molecule has 1 aromatic heterocycles. The Hall–Kier alpha value is -2.91. The monoisotopic (exact) mass is 460 g/mol. The second-order valence-corrected chi connectivity index (χ2v) is 8.55. The van der Waals surface area contributed by atoms with Crippen molar-refractivity contribution < 1.29 is 18.8 Å². The number of halogens is 1. The van der Waals surface area contributed by atoms with Crippen LogP contribution in [0.1, 0.15) is 23.8 Å². The van der Waals surface area contributed by atoms with Crippen LogP contribution in [0.25, 0.3) is 5.70 Å². The van der Waals surface area contributed by atoms with Gasteiger partial charge >= 0.3 is 6.03 Å². The van der Waals surface area contributed by atoms with Crippen LogP contribution in [0, 0.1) is 0 Å². The lowest BCUT2D eigenvalue weighted by Gasteiger charge is -2.25. The smallest absolute Gasteiger partial charge is 0.325 e. The number of benzene rings is 1. The molecule has 8 nitrogen and oxygen atoms in total. The van der Waals surface area contributed by atoms with Crippen LogP contribution in [0.5, 0.6) is 0 Å². The van der Waals surface area contributed by atoms with Crippen molar-refractivity contribution in [2.45, 2.75) is 18.5 Å². The van der Waals surface area contributed by atoms with Crippen molar-refractivity contribution >= 4 is 46.9 Å². The van der Waals surface area contributed by atoms with Crippen LogP contribution in [-0.2, 0) is 9.59 Å². The molecule has 1 fully saturated rings. The lowest BCUT2D eigenvalue weighted by molar-refractivity contribution is -0.139. The minimum Gasteiger partial charge on any atom is -0.467 e. The summed E-state index contributed by atoms with van der Waals surface area (Å²) in [4.78, 5) is 39.0. The van der Waals surface area contributed by atoms with Crippen LogP contribution in [0.3, 0.4) is 0 Å². The molecule has 10 heteroatoms. The first-order valence-electron chi connectivity index (χ1n) is 9.68. The van der Waals surface area contributed by atoms with Crippen molar-refractivity contribution in [2.75, 3.05) is 18.6 Å². The second-order valence-electron chi connectivity index (χ2n) is 7.13. The first-order chi connectivity index (χ1) is 15.0. The molecule has 162 valence electrons. The number of furan rings is 1. The molecule has 2 N–H and O–H groups in total. The summed E-state index contributed by atoms with van der Waals surface area (Å²) >= 11 is 7.57. The molecule has 4 amide bonds. The van der Waals surface area contributed by atoms with E-state index in [9.17, 15) is 14.4 Å². The maximum absolute atomic E-state index is 13.1. The summed E-state index contributed by atoms with van der Waals surface area (Å²) in [5.74, 6) is 0.476. The van der Waals surface area contributed by atoms with E-state index in [-0.39, 0.29) is 12.5 Å². The highest BCUT2D eigenvalue weighted by Crippen LogP contribution is 2.32. The molecule has 0 aliphatic carbocycles. The lowest BCUT2D eigenvalue weighted by atomic mass is 10.1. The summed E-state index contributed by atoms with van der Waals surface area (Å²) in [5.41, 5.74) is 4.62. The van der Waals surface area contributed by atoms with Gasteiger partial charge in [-0.2, -0.15) is 11.8 Å². The van der Waals surface area contributed by atoms with Gasteiger partial charge in [0.1, 0.15) is 24.4 Å². The first kappa shape index (κ1) is 21.3. The third-order valence-corrected chi connectivity index (χ3v) is 6.01. The molecule has 0 saturated carbocycles. The van der Waals surface area contributed by atoms with Gasteiger partial charge in [-0.3, -0.25) is 19.9 Å². The Labute approximate surface area is 188 Å². The van der Waals surface area contributed by atoms with Crippen LogP contribution in [0.2, 0.25) is 5.02 Å². The maximum atomic E-state index is 13.1. The molecule has 0 radical (unpaired) electrons. The largest absolute Gasteiger partial charge is 0.467 e. The number of amides is 4. The standard InChI is InChI=1S/C21H21ClN4O4S/c1-31-10-8-15-20(28)25(21(29)23-15)12-19(27)26-17(18-3-2-9-30-18)11-16(24-26)13-4-6-14(22)7-5-13/h2-7,9,11,15,17,24H,8,10,12H2,1H3,(H,23,29)/t15-,17+/m1/s1. The van der Waals surface area contributed by atoms with Crippen LogP contribution in [-0.4, -0.2) is 52.3 Å². The summed E-state index contributed by atoms with van der Waals surface area (Å²) in [6.07, 6.45) is 5.84. The fourth-order valence-corrected chi connectivity index (χ4v) is 4.11. The Morgan fingerprint density at radius 3 is 2.68 bits per heavy atom. The number of rotatable bonds is 7. The molecular weight excluding hydrogens is 440 g/mol. The highest BCUT2D eigenvalue weighted by atomic mass is 35.5. The molecule has 0 spiro atoms.